The predicted molar refractivity (Wildman–Crippen MR) is 66.7 cm³/mol. The zero-order chi connectivity index (χ0) is 13.4. The number of esters is 1. The summed E-state index contributed by atoms with van der Waals surface area (Å²) in [6.45, 7) is 1.41. The first-order valence-corrected chi connectivity index (χ1v) is 5.45. The van der Waals surface area contributed by atoms with Crippen LogP contribution in [0.5, 0.6) is 0 Å². The molecule has 0 aromatic carbocycles. The van der Waals surface area contributed by atoms with E-state index in [-0.39, 0.29) is 29.6 Å². The minimum absolute atomic E-state index is 0. The molecule has 0 spiro atoms. The summed E-state index contributed by atoms with van der Waals surface area (Å²) in [4.78, 5) is 21.3. The Morgan fingerprint density at radius 1 is 1.05 bits per heavy atom. The minimum atomic E-state index is -0.507. The number of primary amides is 1. The number of hydrogen-bond acceptors (Lipinski definition) is 3. The van der Waals surface area contributed by atoms with Crippen LogP contribution in [-0.2, 0) is 31.4 Å². The molecule has 0 heterocycles. The van der Waals surface area contributed by atoms with Gasteiger partial charge in [0.25, 0.3) is 0 Å². The van der Waals surface area contributed by atoms with Crippen LogP contribution in [0.4, 0.5) is 0 Å². The fraction of sp³-hybridized carbons (Fsp3) is 0.143. The molecule has 10 radical (unpaired) electrons. The van der Waals surface area contributed by atoms with Gasteiger partial charge in [0.05, 0.1) is 12.5 Å². The first-order chi connectivity index (χ1) is 8.61. The molecular formula is C14H15FeNO3+2. The van der Waals surface area contributed by atoms with E-state index in [0.717, 1.165) is 0 Å². The van der Waals surface area contributed by atoms with Crippen molar-refractivity contribution in [1.29, 1.82) is 0 Å². The second kappa shape index (κ2) is 10.3. The normalized spacial score (nSPS) is 19.2. The second-order valence-corrected chi connectivity index (χ2v) is 3.57. The molecule has 2 rings (SSSR count). The van der Waals surface area contributed by atoms with Gasteiger partial charge in [0.2, 0.25) is 5.91 Å². The fourth-order valence-electron chi connectivity index (χ4n) is 1.32. The Morgan fingerprint density at radius 3 is 2.00 bits per heavy atom. The van der Waals surface area contributed by atoms with Gasteiger partial charge < -0.3 is 10.5 Å². The zero-order valence-corrected chi connectivity index (χ0v) is 11.6. The molecule has 0 saturated heterocycles. The van der Waals surface area contributed by atoms with Gasteiger partial charge in [0, 0.05) is 12.8 Å². The standard InChI is InChI=1S/C9H10NO3.C5H5.Fe/c1-6(11)13-5-7-3-2-4-8(7)9(10)12;1-2-4-5-3-1;/h2-4H,5H2,1H3,(H2,10,12);1-5H;/q;;+2. The SMILES string of the molecule is CC(=O)OC[C]1[CH][CH][CH][C]1C(N)=O.[CH]1[CH][CH][CH][CH]1.[Fe+2]. The van der Waals surface area contributed by atoms with E-state index in [4.69, 9.17) is 10.5 Å². The van der Waals surface area contributed by atoms with Crippen LogP contribution in [0.25, 0.3) is 0 Å². The summed E-state index contributed by atoms with van der Waals surface area (Å²) in [6, 6.07) is 0. The van der Waals surface area contributed by atoms with E-state index in [1.807, 2.05) is 32.1 Å². The molecule has 1 amide bonds. The minimum Gasteiger partial charge on any atom is -0.465 e. The first-order valence-electron chi connectivity index (χ1n) is 5.45. The maximum Gasteiger partial charge on any atom is 2.00 e. The summed E-state index contributed by atoms with van der Waals surface area (Å²) in [6.07, 6.45) is 15.0. The van der Waals surface area contributed by atoms with Crippen LogP contribution in [0.2, 0.25) is 0 Å². The maximum atomic E-state index is 10.8. The van der Waals surface area contributed by atoms with Gasteiger partial charge in [-0.2, -0.15) is 0 Å². The number of ether oxygens (including phenoxy) is 1. The van der Waals surface area contributed by atoms with E-state index >= 15 is 0 Å². The number of nitrogens with two attached hydrogens (primary N) is 1. The van der Waals surface area contributed by atoms with Crippen LogP contribution in [0, 0.1) is 63.2 Å². The Labute approximate surface area is 126 Å². The van der Waals surface area contributed by atoms with Gasteiger partial charge in [-0.1, -0.05) is 0 Å². The van der Waals surface area contributed by atoms with E-state index in [9.17, 15) is 9.59 Å². The van der Waals surface area contributed by atoms with Gasteiger partial charge in [0.15, 0.2) is 0 Å². The Kier molecular flexibility index (Phi) is 9.98. The zero-order valence-electron chi connectivity index (χ0n) is 10.5. The van der Waals surface area contributed by atoms with Crippen LogP contribution in [-0.4, -0.2) is 18.5 Å². The summed E-state index contributed by atoms with van der Waals surface area (Å²) in [5.74, 6) is 0.160. The van der Waals surface area contributed by atoms with Crippen LogP contribution >= 0.6 is 0 Å². The van der Waals surface area contributed by atoms with Crippen molar-refractivity contribution in [2.75, 3.05) is 6.61 Å². The molecule has 2 fully saturated rings. The topological polar surface area (TPSA) is 69.4 Å². The van der Waals surface area contributed by atoms with Crippen molar-refractivity contribution in [3.05, 3.63) is 63.2 Å². The predicted octanol–water partition coefficient (Wildman–Crippen LogP) is 0.829. The summed E-state index contributed by atoms with van der Waals surface area (Å²) in [7, 11) is 0. The van der Waals surface area contributed by atoms with Crippen molar-refractivity contribution in [3.8, 4) is 0 Å². The molecule has 2 saturated carbocycles. The number of carbonyl (C=O) groups is 2. The molecule has 0 aliphatic heterocycles. The summed E-state index contributed by atoms with van der Waals surface area (Å²) in [5, 5.41) is 0. The molecular weight excluding hydrogens is 286 g/mol. The number of hydrogen-bond donors (Lipinski definition) is 1. The monoisotopic (exact) mass is 301 g/mol. The van der Waals surface area contributed by atoms with Crippen molar-refractivity contribution in [3.63, 3.8) is 0 Å². The molecule has 100 valence electrons. The van der Waals surface area contributed by atoms with Crippen molar-refractivity contribution in [2.24, 2.45) is 5.73 Å². The van der Waals surface area contributed by atoms with Crippen molar-refractivity contribution < 1.29 is 31.4 Å². The molecule has 0 unspecified atom stereocenters. The molecule has 2 aliphatic carbocycles. The smallest absolute Gasteiger partial charge is 0.465 e. The van der Waals surface area contributed by atoms with Crippen LogP contribution < -0.4 is 5.73 Å². The van der Waals surface area contributed by atoms with Crippen molar-refractivity contribution in [2.45, 2.75) is 6.92 Å². The Morgan fingerprint density at radius 2 is 1.58 bits per heavy atom. The molecule has 0 bridgehead atoms. The molecule has 2 N–H and O–H groups in total. The van der Waals surface area contributed by atoms with E-state index in [1.54, 1.807) is 19.3 Å². The summed E-state index contributed by atoms with van der Waals surface area (Å²) < 4.78 is 4.73. The van der Waals surface area contributed by atoms with E-state index in [1.165, 1.54) is 6.92 Å². The average Bonchev–Trinajstić information content (AvgIpc) is 3.00. The molecule has 19 heavy (non-hydrogen) atoms. The maximum absolute atomic E-state index is 10.8. The van der Waals surface area contributed by atoms with Gasteiger partial charge in [-0.25, -0.2) is 0 Å². The Hall–Kier alpha value is -0.541. The van der Waals surface area contributed by atoms with Gasteiger partial charge >= 0.3 is 23.0 Å². The van der Waals surface area contributed by atoms with Gasteiger partial charge in [-0.3, -0.25) is 9.59 Å². The third-order valence-electron chi connectivity index (χ3n) is 2.16. The molecule has 0 aromatic rings. The van der Waals surface area contributed by atoms with Gasteiger partial charge in [0.1, 0.15) is 0 Å². The first kappa shape index (κ1) is 18.5. The molecule has 2 aliphatic rings. The third kappa shape index (κ3) is 7.58. The Bertz CT molecular complexity index is 272. The van der Waals surface area contributed by atoms with Crippen LogP contribution in [0.3, 0.4) is 0 Å². The molecule has 0 atom stereocenters. The summed E-state index contributed by atoms with van der Waals surface area (Å²) in [5.41, 5.74) is 5.09. The molecule has 4 nitrogen and oxygen atoms in total. The van der Waals surface area contributed by atoms with Crippen molar-refractivity contribution in [1.82, 2.24) is 0 Å². The fourth-order valence-corrected chi connectivity index (χ4v) is 1.32. The quantitative estimate of drug-likeness (QED) is 0.620. The number of carbonyl (C=O) groups excluding carboxylic acids is 2. The van der Waals surface area contributed by atoms with Gasteiger partial charge in [-0.05, 0) is 51.4 Å². The van der Waals surface area contributed by atoms with Crippen molar-refractivity contribution >= 4 is 11.9 Å². The van der Waals surface area contributed by atoms with Gasteiger partial charge in [-0.15, -0.1) is 0 Å². The van der Waals surface area contributed by atoms with Crippen LogP contribution in [0.1, 0.15) is 6.92 Å². The number of amides is 1. The van der Waals surface area contributed by atoms with E-state index < -0.39 is 5.91 Å². The second-order valence-electron chi connectivity index (χ2n) is 3.57. The van der Waals surface area contributed by atoms with E-state index in [2.05, 4.69) is 0 Å². The summed E-state index contributed by atoms with van der Waals surface area (Å²) >= 11 is 0. The average molecular weight is 301 g/mol. The largest absolute Gasteiger partial charge is 2.00 e. The number of rotatable bonds is 3. The Balaban J connectivity index is 0.000000454. The molecule has 0 aromatic heterocycles. The van der Waals surface area contributed by atoms with E-state index in [0.29, 0.717) is 11.8 Å². The third-order valence-corrected chi connectivity index (χ3v) is 2.16. The van der Waals surface area contributed by atoms with Crippen LogP contribution in [0.15, 0.2) is 0 Å². The molecule has 5 heteroatoms.